The van der Waals surface area contributed by atoms with Crippen molar-refractivity contribution in [2.24, 2.45) is 0 Å². The number of hydrogen-bond donors (Lipinski definition) is 0. The van der Waals surface area contributed by atoms with Crippen molar-refractivity contribution >= 4 is 37.8 Å². The van der Waals surface area contributed by atoms with Crippen molar-refractivity contribution in [3.05, 3.63) is 0 Å². The molecule has 0 saturated heterocycles. The Bertz CT molecular complexity index is 316. The third kappa shape index (κ3) is 3.67. The van der Waals surface area contributed by atoms with Crippen molar-refractivity contribution in [3.63, 3.8) is 0 Å². The molecular formula is C8H13NO4S2. The number of carbonyl (C=O) groups is 3. The van der Waals surface area contributed by atoms with E-state index in [2.05, 4.69) is 4.74 Å². The second-order valence-electron chi connectivity index (χ2n) is 2.78. The summed E-state index contributed by atoms with van der Waals surface area (Å²) in [5.74, 6) is -1.00. The summed E-state index contributed by atoms with van der Waals surface area (Å²) in [6.45, 7) is 4.02. The van der Waals surface area contributed by atoms with Gasteiger partial charge in [-0.1, -0.05) is 0 Å². The van der Waals surface area contributed by atoms with Crippen LogP contribution in [0.2, 0.25) is 0 Å². The van der Waals surface area contributed by atoms with Crippen molar-refractivity contribution in [2.45, 2.75) is 26.8 Å². The first-order chi connectivity index (χ1) is 6.82. The Kier molecular flexibility index (Phi) is 5.59. The summed E-state index contributed by atoms with van der Waals surface area (Å²) in [5, 5.41) is -0.323. The quantitative estimate of drug-likeness (QED) is 0.643. The minimum Gasteiger partial charge on any atom is -0.467 e. The summed E-state index contributed by atoms with van der Waals surface area (Å²) in [7, 11) is -0.0998. The lowest BCUT2D eigenvalue weighted by molar-refractivity contribution is -0.147. The number of amides is 1. The molecule has 7 heteroatoms. The molecule has 0 N–H and O–H groups in total. The first-order valence-electron chi connectivity index (χ1n) is 4.13. The van der Waals surface area contributed by atoms with Crippen LogP contribution in [-0.4, -0.2) is 34.4 Å². The van der Waals surface area contributed by atoms with E-state index in [1.807, 2.05) is 0 Å². The number of nitrogens with zero attached hydrogens (tertiary/aromatic N) is 1. The predicted octanol–water partition coefficient (Wildman–Crippen LogP) is -0.0619. The van der Waals surface area contributed by atoms with Crippen LogP contribution in [-0.2, 0) is 39.9 Å². The molecule has 0 rings (SSSR count). The second kappa shape index (κ2) is 5.92. The molecule has 0 heterocycles. The maximum absolute atomic E-state index is 11.3. The number of ether oxygens (including phenoxy) is 1. The van der Waals surface area contributed by atoms with Gasteiger partial charge in [-0.05, 0) is 18.1 Å². The Morgan fingerprint density at radius 2 is 1.80 bits per heavy atom. The molecule has 2 atom stereocenters. The molecule has 0 fully saturated rings. The molecule has 0 aliphatic rings. The van der Waals surface area contributed by atoms with E-state index >= 15 is 0 Å². The van der Waals surface area contributed by atoms with Crippen LogP contribution in [0.25, 0.3) is 0 Å². The third-order valence-electron chi connectivity index (χ3n) is 1.63. The average Bonchev–Trinajstić information content (AvgIpc) is 2.15. The first-order valence-corrected chi connectivity index (χ1v) is 6.23. The molecule has 0 aromatic carbocycles. The third-order valence-corrected chi connectivity index (χ3v) is 4.24. The first kappa shape index (κ1) is 14.2. The van der Waals surface area contributed by atoms with E-state index in [0.29, 0.717) is 0 Å². The van der Waals surface area contributed by atoms with Crippen LogP contribution in [0.15, 0.2) is 0 Å². The zero-order valence-corrected chi connectivity index (χ0v) is 10.6. The van der Waals surface area contributed by atoms with Gasteiger partial charge in [-0.3, -0.25) is 13.9 Å². The largest absolute Gasteiger partial charge is 0.467 e. The molecule has 0 bridgehead atoms. The number of esters is 1. The van der Waals surface area contributed by atoms with Gasteiger partial charge in [-0.25, -0.2) is 4.79 Å². The molecule has 0 aromatic rings. The van der Waals surface area contributed by atoms with Crippen LogP contribution in [0.1, 0.15) is 20.8 Å². The van der Waals surface area contributed by atoms with Gasteiger partial charge in [0.15, 0.2) is 0 Å². The molecular weight excluding hydrogens is 238 g/mol. The molecule has 0 spiro atoms. The summed E-state index contributed by atoms with van der Waals surface area (Å²) >= 11 is 4.88. The van der Waals surface area contributed by atoms with E-state index in [1.165, 1.54) is 27.9 Å². The maximum Gasteiger partial charge on any atom is 0.329 e. The Hall–Kier alpha value is -0.820. The van der Waals surface area contributed by atoms with Crippen LogP contribution in [0.3, 0.4) is 0 Å². The van der Waals surface area contributed by atoms with Gasteiger partial charge in [-0.2, -0.15) is 0 Å². The minimum atomic E-state index is -1.31. The fraction of sp³-hybridized carbons (Fsp3) is 0.625. The van der Waals surface area contributed by atoms with Gasteiger partial charge in [0.05, 0.1) is 7.11 Å². The highest BCUT2D eigenvalue weighted by molar-refractivity contribution is 8.36. The summed E-state index contributed by atoms with van der Waals surface area (Å²) < 4.78 is 5.55. The summed E-state index contributed by atoms with van der Waals surface area (Å²) in [6, 6.07) is -0.836. The highest BCUT2D eigenvalue weighted by Crippen LogP contribution is 2.07. The van der Waals surface area contributed by atoms with Gasteiger partial charge < -0.3 is 4.74 Å². The highest BCUT2D eigenvalue weighted by Gasteiger charge is 2.28. The Labute approximate surface area is 95.5 Å². The lowest BCUT2D eigenvalue weighted by Gasteiger charge is -2.25. The monoisotopic (exact) mass is 251 g/mol. The molecule has 0 aliphatic carbocycles. The van der Waals surface area contributed by atoms with Crippen LogP contribution in [0.4, 0.5) is 0 Å². The molecule has 86 valence electrons. The number of hydrogen-bond acceptors (Lipinski definition) is 5. The molecule has 1 amide bonds. The molecule has 0 aliphatic heterocycles. The van der Waals surface area contributed by atoms with Gasteiger partial charge in [0, 0.05) is 23.5 Å². The zero-order chi connectivity index (χ0) is 12.2. The van der Waals surface area contributed by atoms with Crippen molar-refractivity contribution < 1.29 is 19.1 Å². The van der Waals surface area contributed by atoms with E-state index in [9.17, 15) is 14.4 Å². The van der Waals surface area contributed by atoms with E-state index in [-0.39, 0.29) is 5.12 Å². The zero-order valence-electron chi connectivity index (χ0n) is 8.97. The fourth-order valence-corrected chi connectivity index (χ4v) is 2.52. The normalized spacial score (nSPS) is 13.9. The lowest BCUT2D eigenvalue weighted by Crippen LogP contribution is -2.45. The predicted molar refractivity (Wildman–Crippen MR) is 59.4 cm³/mol. The lowest BCUT2D eigenvalue weighted by atomic mass is 10.3. The van der Waals surface area contributed by atoms with Crippen molar-refractivity contribution in [2.75, 3.05) is 7.11 Å². The van der Waals surface area contributed by atoms with Crippen LogP contribution >= 0.6 is 0 Å². The van der Waals surface area contributed by atoms with Gasteiger partial charge >= 0.3 is 5.97 Å². The average molecular weight is 251 g/mol. The summed E-state index contributed by atoms with van der Waals surface area (Å²) in [5.41, 5.74) is 0. The Morgan fingerprint density at radius 1 is 1.33 bits per heavy atom. The Morgan fingerprint density at radius 3 is 2.07 bits per heavy atom. The molecule has 1 unspecified atom stereocenters. The molecule has 0 aromatic heterocycles. The van der Waals surface area contributed by atoms with Crippen LogP contribution in [0.5, 0.6) is 0 Å². The number of methoxy groups -OCH3 is 1. The van der Waals surface area contributed by atoms with Crippen molar-refractivity contribution in [1.29, 1.82) is 0 Å². The number of carbonyl (C=O) groups excluding carboxylic acids is 3. The molecule has 0 radical (unpaired) electrons. The SMILES string of the molecule is COC(=O)[C@@H](C)N(C(C)=O)S(=S)C(C)=O. The molecule has 5 nitrogen and oxygen atoms in total. The summed E-state index contributed by atoms with van der Waals surface area (Å²) in [4.78, 5) is 33.5. The van der Waals surface area contributed by atoms with Gasteiger partial charge in [-0.15, -0.1) is 0 Å². The van der Waals surface area contributed by atoms with Gasteiger partial charge in [0.1, 0.15) is 6.04 Å². The van der Waals surface area contributed by atoms with Crippen molar-refractivity contribution in [1.82, 2.24) is 4.31 Å². The fourth-order valence-electron chi connectivity index (χ4n) is 0.938. The maximum atomic E-state index is 11.3. The second-order valence-corrected chi connectivity index (χ2v) is 5.20. The Balaban J connectivity index is 4.98. The van der Waals surface area contributed by atoms with E-state index < -0.39 is 27.6 Å². The van der Waals surface area contributed by atoms with Gasteiger partial charge in [0.2, 0.25) is 11.0 Å². The smallest absolute Gasteiger partial charge is 0.329 e. The topological polar surface area (TPSA) is 63.7 Å². The van der Waals surface area contributed by atoms with Gasteiger partial charge in [0.25, 0.3) is 0 Å². The molecule has 15 heavy (non-hydrogen) atoms. The standard InChI is InChI=1S/C8H13NO4S2/c1-5(8(12)13-4)9(6(2)10)15(14)7(3)11/h5H,1-4H3/t5-,15?/m1/s1. The van der Waals surface area contributed by atoms with Crippen LogP contribution < -0.4 is 0 Å². The van der Waals surface area contributed by atoms with Crippen LogP contribution in [0, 0.1) is 0 Å². The highest BCUT2D eigenvalue weighted by atomic mass is 32.8. The number of rotatable bonds is 2. The van der Waals surface area contributed by atoms with E-state index in [0.717, 1.165) is 4.31 Å². The van der Waals surface area contributed by atoms with Crippen molar-refractivity contribution in [3.8, 4) is 0 Å². The van der Waals surface area contributed by atoms with E-state index in [1.54, 1.807) is 0 Å². The minimum absolute atomic E-state index is 0.323. The molecule has 0 saturated carbocycles. The van der Waals surface area contributed by atoms with E-state index in [4.69, 9.17) is 11.2 Å². The summed E-state index contributed by atoms with van der Waals surface area (Å²) in [6.07, 6.45) is 0.